The molecule has 0 saturated carbocycles. The molecule has 0 bridgehead atoms. The van der Waals surface area contributed by atoms with Crippen molar-refractivity contribution in [3.05, 3.63) is 11.8 Å². The summed E-state index contributed by atoms with van der Waals surface area (Å²) in [4.78, 5) is 27.8. The maximum Gasteiger partial charge on any atom is 0.240 e. The van der Waals surface area contributed by atoms with Crippen LogP contribution in [0.4, 0.5) is 5.88 Å². The number of nitrogens with one attached hydrogen (secondary N) is 2. The van der Waals surface area contributed by atoms with Gasteiger partial charge in [0, 0.05) is 38.8 Å². The molecule has 8 nitrogen and oxygen atoms in total. The van der Waals surface area contributed by atoms with E-state index in [9.17, 15) is 9.59 Å². The van der Waals surface area contributed by atoms with Gasteiger partial charge in [0.15, 0.2) is 0 Å². The second-order valence-corrected chi connectivity index (χ2v) is 5.78. The fourth-order valence-electron chi connectivity index (χ4n) is 2.43. The number of anilines is 1. The van der Waals surface area contributed by atoms with E-state index >= 15 is 0 Å². The van der Waals surface area contributed by atoms with E-state index in [0.717, 1.165) is 44.8 Å². The van der Waals surface area contributed by atoms with Crippen molar-refractivity contribution in [1.29, 1.82) is 0 Å². The number of rotatable bonds is 7. The van der Waals surface area contributed by atoms with Gasteiger partial charge >= 0.3 is 0 Å². The standard InChI is InChI=1S/C15H25N5O3/c1-3-4-16-13(21)10-19-5-7-20(8-6-19)11-14(22)17-15-9-12(2)18-23-15/h9H,3-8,10-11H2,1-2H3,(H,16,21)(H,17,22). The average molecular weight is 323 g/mol. The number of hydrogen-bond donors (Lipinski definition) is 2. The lowest BCUT2D eigenvalue weighted by atomic mass is 10.3. The van der Waals surface area contributed by atoms with Crippen LogP contribution in [-0.2, 0) is 9.59 Å². The Morgan fingerprint density at radius 1 is 1.17 bits per heavy atom. The zero-order valence-electron chi connectivity index (χ0n) is 13.8. The maximum absolute atomic E-state index is 11.9. The molecular formula is C15H25N5O3. The van der Waals surface area contributed by atoms with Gasteiger partial charge in [0.05, 0.1) is 18.8 Å². The third-order valence-corrected chi connectivity index (χ3v) is 3.66. The topological polar surface area (TPSA) is 90.7 Å². The van der Waals surface area contributed by atoms with Crippen LogP contribution >= 0.6 is 0 Å². The van der Waals surface area contributed by atoms with E-state index in [4.69, 9.17) is 4.52 Å². The lowest BCUT2D eigenvalue weighted by molar-refractivity contribution is -0.123. The van der Waals surface area contributed by atoms with Crippen LogP contribution in [0.1, 0.15) is 19.0 Å². The second kappa shape index (κ2) is 8.64. The molecule has 23 heavy (non-hydrogen) atoms. The van der Waals surface area contributed by atoms with Gasteiger partial charge in [-0.3, -0.25) is 24.7 Å². The monoisotopic (exact) mass is 323 g/mol. The molecule has 128 valence electrons. The Labute approximate surface area is 136 Å². The van der Waals surface area contributed by atoms with Crippen molar-refractivity contribution in [3.63, 3.8) is 0 Å². The van der Waals surface area contributed by atoms with Gasteiger partial charge in [-0.25, -0.2) is 0 Å². The summed E-state index contributed by atoms with van der Waals surface area (Å²) < 4.78 is 4.96. The summed E-state index contributed by atoms with van der Waals surface area (Å²) >= 11 is 0. The Balaban J connectivity index is 1.66. The Morgan fingerprint density at radius 2 is 1.78 bits per heavy atom. The van der Waals surface area contributed by atoms with Gasteiger partial charge in [0.2, 0.25) is 17.7 Å². The molecule has 2 N–H and O–H groups in total. The molecule has 2 rings (SSSR count). The highest BCUT2D eigenvalue weighted by atomic mass is 16.5. The first-order valence-corrected chi connectivity index (χ1v) is 8.01. The summed E-state index contributed by atoms with van der Waals surface area (Å²) in [5.41, 5.74) is 0.732. The van der Waals surface area contributed by atoms with Crippen LogP contribution in [0.5, 0.6) is 0 Å². The van der Waals surface area contributed by atoms with Gasteiger partial charge in [-0.1, -0.05) is 12.1 Å². The van der Waals surface area contributed by atoms with E-state index < -0.39 is 0 Å². The molecule has 0 spiro atoms. The molecule has 8 heteroatoms. The number of nitrogens with zero attached hydrogens (tertiary/aromatic N) is 3. The lowest BCUT2D eigenvalue weighted by Crippen LogP contribution is -2.51. The maximum atomic E-state index is 11.9. The normalized spacial score (nSPS) is 16.3. The summed E-state index contributed by atoms with van der Waals surface area (Å²) in [5.74, 6) is 0.327. The third-order valence-electron chi connectivity index (χ3n) is 3.66. The minimum Gasteiger partial charge on any atom is -0.355 e. The van der Waals surface area contributed by atoms with Crippen molar-refractivity contribution in [2.24, 2.45) is 0 Å². The molecule has 0 radical (unpaired) electrons. The molecule has 0 unspecified atom stereocenters. The Bertz CT molecular complexity index is 523. The largest absolute Gasteiger partial charge is 0.355 e. The fraction of sp³-hybridized carbons (Fsp3) is 0.667. The fourth-order valence-corrected chi connectivity index (χ4v) is 2.43. The van der Waals surface area contributed by atoms with Gasteiger partial charge in [0.1, 0.15) is 0 Å². The second-order valence-electron chi connectivity index (χ2n) is 5.78. The molecule has 0 aliphatic carbocycles. The smallest absolute Gasteiger partial charge is 0.240 e. The van der Waals surface area contributed by atoms with E-state index in [2.05, 4.69) is 25.6 Å². The molecule has 2 amide bonds. The Morgan fingerprint density at radius 3 is 2.30 bits per heavy atom. The molecule has 0 atom stereocenters. The highest BCUT2D eigenvalue weighted by Crippen LogP contribution is 2.08. The van der Waals surface area contributed by atoms with Crippen molar-refractivity contribution < 1.29 is 14.1 Å². The summed E-state index contributed by atoms with van der Waals surface area (Å²) in [6.07, 6.45) is 0.944. The van der Waals surface area contributed by atoms with Gasteiger partial charge in [-0.05, 0) is 13.3 Å². The van der Waals surface area contributed by atoms with Crippen LogP contribution < -0.4 is 10.6 Å². The van der Waals surface area contributed by atoms with Gasteiger partial charge < -0.3 is 9.84 Å². The van der Waals surface area contributed by atoms with E-state index in [1.165, 1.54) is 0 Å². The van der Waals surface area contributed by atoms with Crippen LogP contribution in [0.2, 0.25) is 0 Å². The number of piperazine rings is 1. The predicted octanol–water partition coefficient (Wildman–Crippen LogP) is 0.0653. The first-order chi connectivity index (χ1) is 11.1. The van der Waals surface area contributed by atoms with E-state index in [1.54, 1.807) is 13.0 Å². The molecule has 1 saturated heterocycles. The summed E-state index contributed by atoms with van der Waals surface area (Å²) in [6.45, 7) is 8.41. The molecule has 1 aromatic rings. The lowest BCUT2D eigenvalue weighted by Gasteiger charge is -2.33. The number of carbonyl (C=O) groups excluding carboxylic acids is 2. The zero-order chi connectivity index (χ0) is 16.7. The van der Waals surface area contributed by atoms with Crippen molar-refractivity contribution in [2.45, 2.75) is 20.3 Å². The van der Waals surface area contributed by atoms with Crippen LogP contribution in [0.3, 0.4) is 0 Å². The average Bonchev–Trinajstić information content (AvgIpc) is 2.92. The summed E-state index contributed by atoms with van der Waals surface area (Å²) in [7, 11) is 0. The van der Waals surface area contributed by atoms with Crippen LogP contribution in [-0.4, -0.2) is 72.6 Å². The Kier molecular flexibility index (Phi) is 6.54. The minimum atomic E-state index is -0.115. The van der Waals surface area contributed by atoms with Gasteiger partial charge in [-0.2, -0.15) is 0 Å². The molecule has 2 heterocycles. The minimum absolute atomic E-state index is 0.0683. The third kappa shape index (κ3) is 5.99. The number of amides is 2. The van der Waals surface area contributed by atoms with Crippen LogP contribution in [0.25, 0.3) is 0 Å². The van der Waals surface area contributed by atoms with E-state index in [-0.39, 0.29) is 11.8 Å². The first kappa shape index (κ1) is 17.4. The summed E-state index contributed by atoms with van der Waals surface area (Å²) in [5, 5.41) is 9.29. The Hall–Kier alpha value is -1.93. The number of carbonyl (C=O) groups is 2. The van der Waals surface area contributed by atoms with Crippen molar-refractivity contribution in [2.75, 3.05) is 51.1 Å². The van der Waals surface area contributed by atoms with Gasteiger partial charge in [-0.15, -0.1) is 0 Å². The molecule has 1 aliphatic heterocycles. The number of aryl methyl sites for hydroxylation is 1. The highest BCUT2D eigenvalue weighted by Gasteiger charge is 2.20. The van der Waals surface area contributed by atoms with E-state index in [1.807, 2.05) is 6.92 Å². The van der Waals surface area contributed by atoms with Crippen molar-refractivity contribution >= 4 is 17.7 Å². The van der Waals surface area contributed by atoms with Crippen LogP contribution in [0.15, 0.2) is 10.6 Å². The van der Waals surface area contributed by atoms with Crippen molar-refractivity contribution in [1.82, 2.24) is 20.3 Å². The van der Waals surface area contributed by atoms with E-state index in [0.29, 0.717) is 19.0 Å². The number of aromatic nitrogens is 1. The molecule has 1 aliphatic rings. The first-order valence-electron chi connectivity index (χ1n) is 8.01. The SMILES string of the molecule is CCCNC(=O)CN1CCN(CC(=O)Nc2cc(C)no2)CC1. The van der Waals surface area contributed by atoms with Crippen LogP contribution in [0, 0.1) is 6.92 Å². The quantitative estimate of drug-likeness (QED) is 0.738. The summed E-state index contributed by atoms with van der Waals surface area (Å²) in [6, 6.07) is 1.69. The molecule has 0 aromatic carbocycles. The molecular weight excluding hydrogens is 298 g/mol. The predicted molar refractivity (Wildman–Crippen MR) is 86.1 cm³/mol. The van der Waals surface area contributed by atoms with Crippen molar-refractivity contribution in [3.8, 4) is 0 Å². The zero-order valence-corrected chi connectivity index (χ0v) is 13.8. The molecule has 1 aromatic heterocycles. The number of hydrogen-bond acceptors (Lipinski definition) is 6. The van der Waals surface area contributed by atoms with Gasteiger partial charge in [0.25, 0.3) is 0 Å². The molecule has 1 fully saturated rings. The highest BCUT2D eigenvalue weighted by molar-refractivity contribution is 5.90.